The lowest BCUT2D eigenvalue weighted by atomic mass is 9.87. The van der Waals surface area contributed by atoms with Crippen LogP contribution in [0.15, 0.2) is 24.3 Å². The molecule has 1 heterocycles. The van der Waals surface area contributed by atoms with Crippen molar-refractivity contribution in [3.05, 3.63) is 52.6 Å². The van der Waals surface area contributed by atoms with E-state index in [1.165, 1.54) is 6.07 Å². The highest BCUT2D eigenvalue weighted by atomic mass is 28.4. The van der Waals surface area contributed by atoms with E-state index in [0.717, 1.165) is 22.5 Å². The molecule has 166 valence electrons. The Bertz CT molecular complexity index is 885. The monoisotopic (exact) mass is 431 g/mol. The molecule has 0 spiro atoms. The van der Waals surface area contributed by atoms with Gasteiger partial charge in [0.05, 0.1) is 13.2 Å². The average molecular weight is 432 g/mol. The Labute approximate surface area is 182 Å². The van der Waals surface area contributed by atoms with Gasteiger partial charge in [0.15, 0.2) is 8.32 Å². The lowest BCUT2D eigenvalue weighted by Gasteiger charge is -2.37. The van der Waals surface area contributed by atoms with Crippen LogP contribution in [0.5, 0.6) is 0 Å². The number of aliphatic hydroxyl groups excluding tert-OH is 1. The lowest BCUT2D eigenvalue weighted by molar-refractivity contribution is 0.270. The van der Waals surface area contributed by atoms with Gasteiger partial charge in [-0.25, -0.2) is 4.39 Å². The van der Waals surface area contributed by atoms with E-state index in [1.54, 1.807) is 12.1 Å². The van der Waals surface area contributed by atoms with Crippen LogP contribution in [-0.2, 0) is 17.6 Å². The standard InChI is InChI=1S/C25H38FNO2Si/c1-16(2)23-19(14-28)22(18-12-10-11-13-21(18)26)20(24(27-23)17(3)4)15-29-30(8,9)25(5,6)7/h10-13,16-17,28H,14-15H2,1-9H3. The molecule has 1 N–H and O–H groups in total. The number of hydrogen-bond donors (Lipinski definition) is 1. The Morgan fingerprint density at radius 2 is 1.53 bits per heavy atom. The van der Waals surface area contributed by atoms with Crippen LogP contribution in [0.4, 0.5) is 4.39 Å². The van der Waals surface area contributed by atoms with Crippen LogP contribution in [0.1, 0.15) is 82.8 Å². The minimum atomic E-state index is -2.03. The summed E-state index contributed by atoms with van der Waals surface area (Å²) in [5, 5.41) is 10.4. The van der Waals surface area contributed by atoms with E-state index in [4.69, 9.17) is 9.41 Å². The molecule has 0 unspecified atom stereocenters. The van der Waals surface area contributed by atoms with Crippen LogP contribution in [0.3, 0.4) is 0 Å². The number of pyridine rings is 1. The third-order valence-corrected chi connectivity index (χ3v) is 10.7. The predicted octanol–water partition coefficient (Wildman–Crippen LogP) is 7.15. The Kier molecular flexibility index (Phi) is 7.65. The first-order valence-electron chi connectivity index (χ1n) is 10.9. The molecule has 1 aromatic carbocycles. The van der Waals surface area contributed by atoms with Crippen molar-refractivity contribution in [1.82, 2.24) is 4.98 Å². The van der Waals surface area contributed by atoms with Crippen molar-refractivity contribution >= 4 is 8.32 Å². The fraction of sp³-hybridized carbons (Fsp3) is 0.560. The first-order valence-corrected chi connectivity index (χ1v) is 13.8. The summed E-state index contributed by atoms with van der Waals surface area (Å²) in [5.74, 6) is -0.0271. The zero-order valence-corrected chi connectivity index (χ0v) is 21.1. The van der Waals surface area contributed by atoms with Crippen LogP contribution >= 0.6 is 0 Å². The maximum Gasteiger partial charge on any atom is 0.192 e. The van der Waals surface area contributed by atoms with E-state index in [9.17, 15) is 9.50 Å². The van der Waals surface area contributed by atoms with Crippen LogP contribution in [0.2, 0.25) is 18.1 Å². The van der Waals surface area contributed by atoms with E-state index < -0.39 is 8.32 Å². The maximum absolute atomic E-state index is 15.0. The molecule has 0 amide bonds. The van der Waals surface area contributed by atoms with Gasteiger partial charge in [-0.1, -0.05) is 66.7 Å². The van der Waals surface area contributed by atoms with Crippen LogP contribution in [0, 0.1) is 5.82 Å². The molecular weight excluding hydrogens is 393 g/mol. The van der Waals surface area contributed by atoms with Crippen molar-refractivity contribution < 1.29 is 13.9 Å². The van der Waals surface area contributed by atoms with Crippen molar-refractivity contribution in [1.29, 1.82) is 0 Å². The largest absolute Gasteiger partial charge is 0.412 e. The van der Waals surface area contributed by atoms with Crippen molar-refractivity contribution in [3.8, 4) is 11.1 Å². The Morgan fingerprint density at radius 3 is 2.00 bits per heavy atom. The van der Waals surface area contributed by atoms with Crippen molar-refractivity contribution in [2.24, 2.45) is 0 Å². The van der Waals surface area contributed by atoms with Gasteiger partial charge in [0.1, 0.15) is 5.82 Å². The number of nitrogens with zero attached hydrogens (tertiary/aromatic N) is 1. The summed E-state index contributed by atoms with van der Waals surface area (Å²) in [5.41, 5.74) is 4.60. The summed E-state index contributed by atoms with van der Waals surface area (Å²) < 4.78 is 21.5. The first-order chi connectivity index (χ1) is 13.8. The molecule has 0 atom stereocenters. The number of benzene rings is 1. The average Bonchev–Trinajstić information content (AvgIpc) is 2.64. The normalized spacial score (nSPS) is 12.8. The molecule has 0 aliphatic carbocycles. The van der Waals surface area contributed by atoms with Crippen LogP contribution < -0.4 is 0 Å². The number of aromatic nitrogens is 1. The molecule has 5 heteroatoms. The highest BCUT2D eigenvalue weighted by molar-refractivity contribution is 6.74. The van der Waals surface area contributed by atoms with Gasteiger partial charge < -0.3 is 9.53 Å². The molecule has 0 saturated carbocycles. The molecule has 2 aromatic rings. The third kappa shape index (κ3) is 5.01. The van der Waals surface area contributed by atoms with Gasteiger partial charge in [-0.2, -0.15) is 0 Å². The van der Waals surface area contributed by atoms with Gasteiger partial charge in [0.25, 0.3) is 0 Å². The van der Waals surface area contributed by atoms with E-state index in [1.807, 2.05) is 6.07 Å². The summed E-state index contributed by atoms with van der Waals surface area (Å²) in [7, 11) is -2.03. The molecular formula is C25H38FNO2Si. The second-order valence-electron chi connectivity index (χ2n) is 10.2. The number of halogens is 1. The van der Waals surface area contributed by atoms with Crippen molar-refractivity contribution in [2.45, 2.75) is 91.6 Å². The molecule has 0 aliphatic rings. The van der Waals surface area contributed by atoms with E-state index >= 15 is 0 Å². The summed E-state index contributed by atoms with van der Waals surface area (Å²) in [6, 6.07) is 6.78. The number of rotatable bonds is 7. The lowest BCUT2D eigenvalue weighted by Crippen LogP contribution is -2.40. The van der Waals surface area contributed by atoms with Gasteiger partial charge >= 0.3 is 0 Å². The van der Waals surface area contributed by atoms with E-state index in [-0.39, 0.29) is 29.3 Å². The first kappa shape index (κ1) is 24.7. The maximum atomic E-state index is 15.0. The molecule has 0 aliphatic heterocycles. The molecule has 30 heavy (non-hydrogen) atoms. The molecule has 0 bridgehead atoms. The summed E-state index contributed by atoms with van der Waals surface area (Å²) in [6.45, 7) is 19.6. The van der Waals surface area contributed by atoms with Gasteiger partial charge in [0.2, 0.25) is 0 Å². The van der Waals surface area contributed by atoms with Gasteiger partial charge in [-0.3, -0.25) is 4.98 Å². The van der Waals surface area contributed by atoms with E-state index in [2.05, 4.69) is 61.6 Å². The fourth-order valence-corrected chi connectivity index (χ4v) is 4.36. The summed E-state index contributed by atoms with van der Waals surface area (Å²) >= 11 is 0. The quantitative estimate of drug-likeness (QED) is 0.473. The second kappa shape index (κ2) is 9.29. The molecule has 0 saturated heterocycles. The topological polar surface area (TPSA) is 42.4 Å². The summed E-state index contributed by atoms with van der Waals surface area (Å²) in [6.07, 6.45) is 0. The number of aliphatic hydroxyl groups is 1. The molecule has 3 nitrogen and oxygen atoms in total. The van der Waals surface area contributed by atoms with Crippen LogP contribution in [-0.4, -0.2) is 18.4 Å². The fourth-order valence-electron chi connectivity index (χ4n) is 3.42. The number of hydrogen-bond acceptors (Lipinski definition) is 3. The SMILES string of the molecule is CC(C)c1nc(C(C)C)c(CO[Si](C)(C)C(C)(C)C)c(-c2ccccc2F)c1CO. The second-order valence-corrected chi connectivity index (χ2v) is 15.0. The molecule has 2 rings (SSSR count). The minimum absolute atomic E-state index is 0.0638. The Hall–Kier alpha value is -1.56. The van der Waals surface area contributed by atoms with Gasteiger partial charge in [0, 0.05) is 28.1 Å². The van der Waals surface area contributed by atoms with E-state index in [0.29, 0.717) is 17.7 Å². The molecule has 0 radical (unpaired) electrons. The molecule has 1 aromatic heterocycles. The summed E-state index contributed by atoms with van der Waals surface area (Å²) in [4.78, 5) is 4.97. The smallest absolute Gasteiger partial charge is 0.192 e. The van der Waals surface area contributed by atoms with Crippen LogP contribution in [0.25, 0.3) is 11.1 Å². The highest BCUT2D eigenvalue weighted by Gasteiger charge is 2.38. The van der Waals surface area contributed by atoms with Crippen molar-refractivity contribution in [3.63, 3.8) is 0 Å². The Morgan fingerprint density at radius 1 is 1.00 bits per heavy atom. The Balaban J connectivity index is 2.82. The van der Waals surface area contributed by atoms with Gasteiger partial charge in [-0.15, -0.1) is 0 Å². The zero-order chi connectivity index (χ0) is 22.9. The molecule has 0 fully saturated rings. The third-order valence-electron chi connectivity index (χ3n) is 6.24. The minimum Gasteiger partial charge on any atom is -0.412 e. The predicted molar refractivity (Wildman–Crippen MR) is 126 cm³/mol. The zero-order valence-electron chi connectivity index (χ0n) is 20.1. The highest BCUT2D eigenvalue weighted by Crippen LogP contribution is 2.41. The van der Waals surface area contributed by atoms with Gasteiger partial charge in [-0.05, 0) is 41.6 Å². The van der Waals surface area contributed by atoms with Crippen molar-refractivity contribution in [2.75, 3.05) is 0 Å².